The van der Waals surface area contributed by atoms with Crippen LogP contribution in [0, 0.1) is 5.92 Å². The van der Waals surface area contributed by atoms with Crippen LogP contribution >= 0.6 is 11.8 Å². The van der Waals surface area contributed by atoms with E-state index in [1.165, 1.54) is 30.6 Å². The zero-order valence-electron chi connectivity index (χ0n) is 14.6. The molecule has 24 heavy (non-hydrogen) atoms. The van der Waals surface area contributed by atoms with Crippen molar-refractivity contribution in [2.75, 3.05) is 36.9 Å². The number of hydrogen-bond donors (Lipinski definition) is 2. The Bertz CT molecular complexity index is 590. The van der Waals surface area contributed by atoms with Crippen molar-refractivity contribution in [2.24, 2.45) is 5.92 Å². The van der Waals surface area contributed by atoms with Gasteiger partial charge in [0.1, 0.15) is 0 Å². The number of nitrogen functional groups attached to an aromatic ring is 1. The highest BCUT2D eigenvalue weighted by atomic mass is 32.2. The van der Waals surface area contributed by atoms with E-state index in [0.29, 0.717) is 5.92 Å². The summed E-state index contributed by atoms with van der Waals surface area (Å²) < 4.78 is 0. The summed E-state index contributed by atoms with van der Waals surface area (Å²) >= 11 is 2.00. The topological polar surface area (TPSA) is 62.4 Å². The maximum atomic E-state index is 10.4. The first-order chi connectivity index (χ1) is 11.7. The summed E-state index contributed by atoms with van der Waals surface area (Å²) in [6, 6.07) is 1.88. The number of aromatic nitrogens is 1. The van der Waals surface area contributed by atoms with Gasteiger partial charge >= 0.3 is 0 Å². The lowest BCUT2D eigenvalue weighted by Gasteiger charge is -2.17. The molecule has 1 saturated heterocycles. The zero-order valence-corrected chi connectivity index (χ0v) is 15.4. The van der Waals surface area contributed by atoms with E-state index >= 15 is 0 Å². The monoisotopic (exact) mass is 347 g/mol. The number of likely N-dealkylation sites (tertiary alicyclic amines) is 1. The average Bonchev–Trinajstić information content (AvgIpc) is 3.13. The van der Waals surface area contributed by atoms with Gasteiger partial charge in [0.2, 0.25) is 0 Å². The van der Waals surface area contributed by atoms with Gasteiger partial charge in [-0.3, -0.25) is 9.88 Å². The summed E-state index contributed by atoms with van der Waals surface area (Å²) in [6.07, 6.45) is 8.61. The molecule has 5 heteroatoms. The van der Waals surface area contributed by atoms with Gasteiger partial charge in [-0.25, -0.2) is 0 Å². The molecule has 0 spiro atoms. The minimum atomic E-state index is -0.195. The summed E-state index contributed by atoms with van der Waals surface area (Å²) in [6.45, 7) is 4.87. The number of thioether (sulfide) groups is 1. The average molecular weight is 348 g/mol. The van der Waals surface area contributed by atoms with Crippen LogP contribution in [0.3, 0.4) is 0 Å². The summed E-state index contributed by atoms with van der Waals surface area (Å²) in [4.78, 5) is 6.89. The molecule has 0 radical (unpaired) electrons. The third kappa shape index (κ3) is 4.13. The number of fused-ring (bicyclic) bond motifs is 1. The molecule has 1 aliphatic heterocycles. The maximum absolute atomic E-state index is 10.4. The number of pyridine rings is 1. The summed E-state index contributed by atoms with van der Waals surface area (Å²) in [5.41, 5.74) is 10.4. The van der Waals surface area contributed by atoms with E-state index in [0.717, 1.165) is 48.8 Å². The fourth-order valence-electron chi connectivity index (χ4n) is 3.62. The smallest absolute Gasteiger partial charge is 0.0727 e. The number of nitrogens with two attached hydrogens (primary N) is 1. The Morgan fingerprint density at radius 2 is 2.25 bits per heavy atom. The van der Waals surface area contributed by atoms with E-state index in [1.807, 2.05) is 17.8 Å². The van der Waals surface area contributed by atoms with Crippen molar-refractivity contribution in [3.8, 4) is 0 Å². The molecule has 1 aliphatic carbocycles. The number of hydrogen-bond acceptors (Lipinski definition) is 5. The van der Waals surface area contributed by atoms with Crippen LogP contribution in [0.4, 0.5) is 5.69 Å². The van der Waals surface area contributed by atoms with Crippen LogP contribution in [0.5, 0.6) is 0 Å². The Morgan fingerprint density at radius 3 is 3.08 bits per heavy atom. The molecule has 0 bridgehead atoms. The Labute approximate surface area is 149 Å². The molecule has 1 aromatic rings. The first-order valence-electron chi connectivity index (χ1n) is 9.10. The predicted octanol–water partition coefficient (Wildman–Crippen LogP) is 2.82. The molecule has 2 heterocycles. The van der Waals surface area contributed by atoms with Crippen molar-refractivity contribution >= 4 is 23.0 Å². The molecule has 0 aromatic carbocycles. The van der Waals surface area contributed by atoms with Crippen molar-refractivity contribution in [1.29, 1.82) is 0 Å². The van der Waals surface area contributed by atoms with Crippen molar-refractivity contribution in [2.45, 2.75) is 38.7 Å². The molecule has 132 valence electrons. The molecule has 1 unspecified atom stereocenters. The van der Waals surface area contributed by atoms with Gasteiger partial charge in [0.05, 0.1) is 11.8 Å². The number of anilines is 1. The molecule has 3 rings (SSSR count). The number of aliphatic hydroxyl groups is 1. The Morgan fingerprint density at radius 1 is 1.38 bits per heavy atom. The normalized spacial score (nSPS) is 23.5. The standard InChI is InChI=1S/C19H29N3OS/c1-2-3-4-9-24-13-15-11-22(12-18(15)23)10-14-5-6-16-17(20)7-8-21-19(14)16/h5,7-8,15,18,23H,2-4,6,9-13H2,1H3,(H2,20,21)/t15-,18?/m1/s1. The quantitative estimate of drug-likeness (QED) is 0.708. The van der Waals surface area contributed by atoms with E-state index in [-0.39, 0.29) is 6.10 Å². The van der Waals surface area contributed by atoms with E-state index < -0.39 is 0 Å². The predicted molar refractivity (Wildman–Crippen MR) is 103 cm³/mol. The molecule has 4 nitrogen and oxygen atoms in total. The van der Waals surface area contributed by atoms with Crippen LogP contribution < -0.4 is 5.73 Å². The van der Waals surface area contributed by atoms with Crippen molar-refractivity contribution in [3.05, 3.63) is 29.6 Å². The number of aliphatic hydroxyl groups excluding tert-OH is 1. The zero-order chi connectivity index (χ0) is 16.9. The molecule has 0 amide bonds. The minimum Gasteiger partial charge on any atom is -0.398 e. The fraction of sp³-hybridized carbons (Fsp3) is 0.632. The van der Waals surface area contributed by atoms with E-state index in [2.05, 4.69) is 22.9 Å². The van der Waals surface area contributed by atoms with Gasteiger partial charge in [-0.15, -0.1) is 0 Å². The second-order valence-corrected chi connectivity index (χ2v) is 8.11. The second kappa shape index (κ2) is 8.37. The van der Waals surface area contributed by atoms with E-state index in [4.69, 9.17) is 5.73 Å². The maximum Gasteiger partial charge on any atom is 0.0727 e. The van der Waals surface area contributed by atoms with Crippen molar-refractivity contribution < 1.29 is 5.11 Å². The molecule has 1 aromatic heterocycles. The molecular formula is C19H29N3OS. The number of allylic oxidation sites excluding steroid dienone is 1. The van der Waals surface area contributed by atoms with E-state index in [9.17, 15) is 5.11 Å². The van der Waals surface area contributed by atoms with Gasteiger partial charge in [-0.1, -0.05) is 25.8 Å². The number of rotatable bonds is 8. The lowest BCUT2D eigenvalue weighted by atomic mass is 10.1. The van der Waals surface area contributed by atoms with Gasteiger partial charge < -0.3 is 10.8 Å². The molecule has 3 N–H and O–H groups in total. The number of unbranched alkanes of at least 4 members (excludes halogenated alkanes) is 2. The SMILES string of the molecule is CCCCCSC[C@H]1CN(CC2=CCc3c(N)ccnc32)CC1O. The Hall–Kier alpha value is -1.04. The van der Waals surface area contributed by atoms with Crippen LogP contribution in [0.2, 0.25) is 0 Å². The number of nitrogens with zero attached hydrogens (tertiary/aromatic N) is 2. The molecule has 2 aliphatic rings. The first-order valence-corrected chi connectivity index (χ1v) is 10.3. The van der Waals surface area contributed by atoms with Crippen LogP contribution in [0.15, 0.2) is 18.3 Å². The van der Waals surface area contributed by atoms with Gasteiger partial charge in [0, 0.05) is 43.0 Å². The highest BCUT2D eigenvalue weighted by molar-refractivity contribution is 7.99. The van der Waals surface area contributed by atoms with Crippen LogP contribution in [0.1, 0.15) is 37.4 Å². The fourth-order valence-corrected chi connectivity index (χ4v) is 4.83. The second-order valence-electron chi connectivity index (χ2n) is 6.96. The third-order valence-corrected chi connectivity index (χ3v) is 6.29. The highest BCUT2D eigenvalue weighted by Gasteiger charge is 2.32. The van der Waals surface area contributed by atoms with E-state index in [1.54, 1.807) is 6.20 Å². The first kappa shape index (κ1) is 17.8. The largest absolute Gasteiger partial charge is 0.398 e. The van der Waals surface area contributed by atoms with Gasteiger partial charge in [0.15, 0.2) is 0 Å². The number of β-amino-alcohol motifs (C(OH)–C–C–N with tert-alkyl or cyclic N) is 1. The minimum absolute atomic E-state index is 0.195. The van der Waals surface area contributed by atoms with Gasteiger partial charge in [-0.05, 0) is 36.0 Å². The molecule has 0 saturated carbocycles. The molecular weight excluding hydrogens is 318 g/mol. The summed E-state index contributed by atoms with van der Waals surface area (Å²) in [5.74, 6) is 2.69. The van der Waals surface area contributed by atoms with Crippen LogP contribution in [-0.4, -0.2) is 52.2 Å². The summed E-state index contributed by atoms with van der Waals surface area (Å²) in [5, 5.41) is 10.4. The lowest BCUT2D eigenvalue weighted by molar-refractivity contribution is 0.151. The Balaban J connectivity index is 1.49. The Kier molecular flexibility index (Phi) is 6.19. The van der Waals surface area contributed by atoms with Crippen LogP contribution in [0.25, 0.3) is 5.57 Å². The van der Waals surface area contributed by atoms with Gasteiger partial charge in [-0.2, -0.15) is 11.8 Å². The third-order valence-electron chi connectivity index (χ3n) is 5.05. The lowest BCUT2D eigenvalue weighted by Crippen LogP contribution is -2.24. The van der Waals surface area contributed by atoms with Crippen molar-refractivity contribution in [1.82, 2.24) is 9.88 Å². The molecule has 1 fully saturated rings. The summed E-state index contributed by atoms with van der Waals surface area (Å²) in [7, 11) is 0. The van der Waals surface area contributed by atoms with Gasteiger partial charge in [0.25, 0.3) is 0 Å². The molecule has 2 atom stereocenters. The van der Waals surface area contributed by atoms with Crippen molar-refractivity contribution in [3.63, 3.8) is 0 Å². The highest BCUT2D eigenvalue weighted by Crippen LogP contribution is 2.31. The van der Waals surface area contributed by atoms with Crippen LogP contribution in [-0.2, 0) is 6.42 Å².